The zero-order chi connectivity index (χ0) is 8.10. The molecule has 0 aliphatic rings. The second-order valence-corrected chi connectivity index (χ2v) is 2.24. The molecule has 0 bridgehead atoms. The Kier molecular flexibility index (Phi) is 2.64. The molecular weight excluding hydrogens is 140 g/mol. The number of carbonyl (C=O) groups excluding carboxylic acids is 1. The van der Waals surface area contributed by atoms with Gasteiger partial charge in [0.15, 0.2) is 0 Å². The molecule has 0 fully saturated rings. The van der Waals surface area contributed by atoms with Gasteiger partial charge in [-0.05, 0) is 18.6 Å². The predicted molar refractivity (Wildman–Crippen MR) is 41.9 cm³/mol. The van der Waals surface area contributed by atoms with E-state index in [2.05, 4.69) is 4.99 Å². The number of nitrogens with zero attached hydrogens (tertiary/aromatic N) is 2. The summed E-state index contributed by atoms with van der Waals surface area (Å²) in [6.07, 6.45) is 6.06. The van der Waals surface area contributed by atoms with Crippen LogP contribution in [0.5, 0.6) is 0 Å². The zero-order valence-corrected chi connectivity index (χ0v) is 6.40. The molecule has 1 heterocycles. The topological polar surface area (TPSA) is 34.4 Å². The van der Waals surface area contributed by atoms with E-state index in [1.807, 2.05) is 36.0 Å². The van der Waals surface area contributed by atoms with Crippen molar-refractivity contribution in [2.75, 3.05) is 0 Å². The third kappa shape index (κ3) is 1.79. The van der Waals surface area contributed by atoms with Gasteiger partial charge in [0.2, 0.25) is 6.08 Å². The minimum Gasteiger partial charge on any atom is -0.331 e. The molecule has 1 rings (SSSR count). The van der Waals surface area contributed by atoms with E-state index in [9.17, 15) is 4.79 Å². The van der Waals surface area contributed by atoms with Gasteiger partial charge in [-0.25, -0.2) is 4.79 Å². The van der Waals surface area contributed by atoms with Gasteiger partial charge in [0, 0.05) is 12.4 Å². The molecular formula is C8H10N2O. The minimum absolute atomic E-state index is 0.0810. The molecule has 1 atom stereocenters. The average Bonchev–Trinajstić information content (AvgIpc) is 2.52. The lowest BCUT2D eigenvalue weighted by molar-refractivity contribution is 0.496. The van der Waals surface area contributed by atoms with E-state index in [1.54, 1.807) is 6.08 Å². The summed E-state index contributed by atoms with van der Waals surface area (Å²) in [6, 6.07) is 3.81. The van der Waals surface area contributed by atoms with E-state index < -0.39 is 0 Å². The molecule has 0 N–H and O–H groups in total. The first kappa shape index (κ1) is 7.76. The normalized spacial score (nSPS) is 12.1. The van der Waals surface area contributed by atoms with E-state index in [0.29, 0.717) is 0 Å². The van der Waals surface area contributed by atoms with Gasteiger partial charge in [0.1, 0.15) is 6.17 Å². The molecule has 0 amide bonds. The van der Waals surface area contributed by atoms with Gasteiger partial charge < -0.3 is 4.57 Å². The molecule has 0 aromatic carbocycles. The Hall–Kier alpha value is -1.34. The Labute approximate surface area is 65.4 Å². The number of aliphatic imine (C=N–C) groups is 1. The third-order valence-corrected chi connectivity index (χ3v) is 1.54. The van der Waals surface area contributed by atoms with E-state index in [4.69, 9.17) is 0 Å². The van der Waals surface area contributed by atoms with Crippen LogP contribution in [0.2, 0.25) is 0 Å². The molecule has 0 aliphatic carbocycles. The fourth-order valence-corrected chi connectivity index (χ4v) is 0.976. The molecule has 11 heavy (non-hydrogen) atoms. The highest BCUT2D eigenvalue weighted by atomic mass is 16.1. The molecule has 1 unspecified atom stereocenters. The molecule has 0 saturated carbocycles. The number of rotatable bonds is 3. The monoisotopic (exact) mass is 150 g/mol. The summed E-state index contributed by atoms with van der Waals surface area (Å²) in [6.45, 7) is 1.98. The molecule has 0 aliphatic heterocycles. The SMILES string of the molecule is CCC(N=C=O)n1cccc1. The van der Waals surface area contributed by atoms with Gasteiger partial charge in [0.25, 0.3) is 0 Å². The lowest BCUT2D eigenvalue weighted by Gasteiger charge is -2.08. The van der Waals surface area contributed by atoms with Crippen molar-refractivity contribution in [3.8, 4) is 0 Å². The van der Waals surface area contributed by atoms with Crippen molar-refractivity contribution in [1.29, 1.82) is 0 Å². The number of aromatic nitrogens is 1. The standard InChI is InChI=1S/C8H10N2O/c1-2-8(9-7-11)10-5-3-4-6-10/h3-6,8H,2H2,1H3. The zero-order valence-electron chi connectivity index (χ0n) is 6.40. The summed E-state index contributed by atoms with van der Waals surface area (Å²) in [4.78, 5) is 13.6. The summed E-state index contributed by atoms with van der Waals surface area (Å²) in [5.74, 6) is 0. The first-order valence-electron chi connectivity index (χ1n) is 3.58. The maximum atomic E-state index is 9.96. The fourth-order valence-electron chi connectivity index (χ4n) is 0.976. The van der Waals surface area contributed by atoms with E-state index in [0.717, 1.165) is 6.42 Å². The van der Waals surface area contributed by atoms with Crippen molar-refractivity contribution >= 4 is 6.08 Å². The highest BCUT2D eigenvalue weighted by Gasteiger charge is 2.02. The highest BCUT2D eigenvalue weighted by molar-refractivity contribution is 5.33. The van der Waals surface area contributed by atoms with Crippen molar-refractivity contribution in [1.82, 2.24) is 4.57 Å². The van der Waals surface area contributed by atoms with Crippen molar-refractivity contribution in [3.63, 3.8) is 0 Å². The lowest BCUT2D eigenvalue weighted by Crippen LogP contribution is -2.01. The summed E-state index contributed by atoms with van der Waals surface area (Å²) >= 11 is 0. The largest absolute Gasteiger partial charge is 0.331 e. The van der Waals surface area contributed by atoms with Crippen molar-refractivity contribution in [2.24, 2.45) is 4.99 Å². The van der Waals surface area contributed by atoms with Crippen LogP contribution in [-0.2, 0) is 4.79 Å². The summed E-state index contributed by atoms with van der Waals surface area (Å²) in [7, 11) is 0. The smallest absolute Gasteiger partial charge is 0.237 e. The van der Waals surface area contributed by atoms with E-state index in [1.165, 1.54) is 0 Å². The molecule has 0 saturated heterocycles. The third-order valence-electron chi connectivity index (χ3n) is 1.54. The fraction of sp³-hybridized carbons (Fsp3) is 0.375. The van der Waals surface area contributed by atoms with E-state index in [-0.39, 0.29) is 6.17 Å². The first-order chi connectivity index (χ1) is 5.38. The molecule has 58 valence electrons. The minimum atomic E-state index is -0.0810. The summed E-state index contributed by atoms with van der Waals surface area (Å²) < 4.78 is 1.88. The average molecular weight is 150 g/mol. The first-order valence-corrected chi connectivity index (χ1v) is 3.58. The molecule has 3 heteroatoms. The van der Waals surface area contributed by atoms with Gasteiger partial charge in [-0.15, -0.1) is 0 Å². The Morgan fingerprint density at radius 3 is 2.64 bits per heavy atom. The van der Waals surface area contributed by atoms with Crippen molar-refractivity contribution in [2.45, 2.75) is 19.5 Å². The molecule has 0 radical (unpaired) electrons. The van der Waals surface area contributed by atoms with Gasteiger partial charge in [-0.3, -0.25) is 0 Å². The summed E-state index contributed by atoms with van der Waals surface area (Å²) in [5, 5.41) is 0. The molecule has 1 aromatic heterocycles. The van der Waals surface area contributed by atoms with Gasteiger partial charge in [-0.1, -0.05) is 6.92 Å². The van der Waals surface area contributed by atoms with Crippen LogP contribution >= 0.6 is 0 Å². The van der Waals surface area contributed by atoms with Crippen LogP contribution in [0.4, 0.5) is 0 Å². The predicted octanol–water partition coefficient (Wildman–Crippen LogP) is 1.73. The Morgan fingerprint density at radius 2 is 2.18 bits per heavy atom. The Bertz CT molecular complexity index is 247. The Morgan fingerprint density at radius 1 is 1.55 bits per heavy atom. The van der Waals surface area contributed by atoms with Gasteiger partial charge in [-0.2, -0.15) is 4.99 Å². The highest BCUT2D eigenvalue weighted by Crippen LogP contribution is 2.11. The molecule has 0 spiro atoms. The Balaban J connectivity index is 2.79. The van der Waals surface area contributed by atoms with E-state index >= 15 is 0 Å². The number of isocyanates is 1. The van der Waals surface area contributed by atoms with Gasteiger partial charge >= 0.3 is 0 Å². The van der Waals surface area contributed by atoms with Crippen LogP contribution in [0.3, 0.4) is 0 Å². The van der Waals surface area contributed by atoms with Crippen LogP contribution in [0.25, 0.3) is 0 Å². The lowest BCUT2D eigenvalue weighted by atomic mass is 10.4. The van der Waals surface area contributed by atoms with Crippen molar-refractivity contribution < 1.29 is 4.79 Å². The van der Waals surface area contributed by atoms with Gasteiger partial charge in [0.05, 0.1) is 0 Å². The second kappa shape index (κ2) is 3.74. The van der Waals surface area contributed by atoms with Crippen LogP contribution in [0.1, 0.15) is 19.5 Å². The van der Waals surface area contributed by atoms with Crippen LogP contribution in [0, 0.1) is 0 Å². The van der Waals surface area contributed by atoms with Crippen molar-refractivity contribution in [3.05, 3.63) is 24.5 Å². The maximum Gasteiger partial charge on any atom is 0.237 e. The molecule has 1 aromatic rings. The number of hydrogen-bond acceptors (Lipinski definition) is 2. The quantitative estimate of drug-likeness (QED) is 0.477. The van der Waals surface area contributed by atoms with Crippen LogP contribution in [0.15, 0.2) is 29.5 Å². The number of hydrogen-bond donors (Lipinski definition) is 0. The van der Waals surface area contributed by atoms with Crippen LogP contribution in [-0.4, -0.2) is 10.6 Å². The molecule has 3 nitrogen and oxygen atoms in total. The maximum absolute atomic E-state index is 9.96. The second-order valence-electron chi connectivity index (χ2n) is 2.24. The summed E-state index contributed by atoms with van der Waals surface area (Å²) in [5.41, 5.74) is 0. The van der Waals surface area contributed by atoms with Crippen LogP contribution < -0.4 is 0 Å².